The molecule has 2 heteroatoms. The zero-order valence-electron chi connectivity index (χ0n) is 18.3. The largest absolute Gasteiger partial charge is 0.285 e. The maximum atomic E-state index is 2.31. The number of hydrogen-bond donors (Lipinski definition) is 0. The number of allylic oxidation sites excluding steroid dienone is 1. The summed E-state index contributed by atoms with van der Waals surface area (Å²) in [5, 5.41) is 0. The molecule has 6 rings (SSSR count). The summed E-state index contributed by atoms with van der Waals surface area (Å²) < 4.78 is 4.52. The Kier molecular flexibility index (Phi) is 4.89. The number of rotatable bonds is 1. The van der Waals surface area contributed by atoms with Gasteiger partial charge in [0.2, 0.25) is 12.4 Å². The van der Waals surface area contributed by atoms with E-state index in [4.69, 9.17) is 0 Å². The van der Waals surface area contributed by atoms with Crippen molar-refractivity contribution in [2.45, 2.75) is 6.42 Å². The van der Waals surface area contributed by atoms with Gasteiger partial charge in [0.05, 0.1) is 20.5 Å². The Balaban J connectivity index is 1.69. The summed E-state index contributed by atoms with van der Waals surface area (Å²) in [6.45, 7) is 0. The summed E-state index contributed by atoms with van der Waals surface area (Å²) >= 11 is 0. The van der Waals surface area contributed by atoms with E-state index < -0.39 is 0 Å². The van der Waals surface area contributed by atoms with Crippen LogP contribution in [0, 0.1) is 0 Å². The number of benzene rings is 3. The Hall–Kier alpha value is -4.30. The summed E-state index contributed by atoms with van der Waals surface area (Å²) in [5.74, 6) is 0. The molecule has 0 unspecified atom stereocenters. The Morgan fingerprint density at radius 2 is 1.24 bits per heavy atom. The first-order chi connectivity index (χ1) is 16.4. The Labute approximate surface area is 194 Å². The molecule has 156 valence electrons. The van der Waals surface area contributed by atoms with Crippen molar-refractivity contribution in [3.8, 4) is 33.6 Å². The second-order valence-electron chi connectivity index (χ2n) is 8.29. The molecule has 0 atom stereocenters. The number of aromatic nitrogens is 2. The Bertz CT molecular complexity index is 1480. The van der Waals surface area contributed by atoms with Gasteiger partial charge in [0.25, 0.3) is 11.4 Å². The highest BCUT2D eigenvalue weighted by Gasteiger charge is 2.29. The van der Waals surface area contributed by atoms with E-state index in [0.29, 0.717) is 0 Å². The van der Waals surface area contributed by atoms with Crippen LogP contribution in [0.1, 0.15) is 11.1 Å². The molecule has 0 fully saturated rings. The second-order valence-corrected chi connectivity index (χ2v) is 8.29. The smallest absolute Gasteiger partial charge is 0.0795 e. The van der Waals surface area contributed by atoms with Gasteiger partial charge in [-0.2, -0.15) is 0 Å². The molecule has 33 heavy (non-hydrogen) atoms. The molecule has 1 aliphatic rings. The molecule has 3 aromatic carbocycles. The third-order valence-electron chi connectivity index (χ3n) is 6.28. The number of nitrogens with zero attached hydrogens (tertiary/aromatic N) is 2. The molecule has 0 aliphatic carbocycles. The summed E-state index contributed by atoms with van der Waals surface area (Å²) in [7, 11) is 0. The Morgan fingerprint density at radius 1 is 0.515 bits per heavy atom. The standard InChI is InChI=1S/C31H24N2/c1-2-11-24(12-3-1)27-20-22-33-31(23-27)29-18-7-5-14-26(29)16-10-15-25-13-4-6-17-28(25)30-19-8-9-21-32(30)33/h1-15,17-23H,16H2/q+2/b15-10+. The molecular weight excluding hydrogens is 400 g/mol. The van der Waals surface area contributed by atoms with Crippen molar-refractivity contribution >= 4 is 6.08 Å². The van der Waals surface area contributed by atoms with Crippen molar-refractivity contribution in [3.05, 3.63) is 139 Å². The van der Waals surface area contributed by atoms with Gasteiger partial charge in [-0.3, -0.25) is 0 Å². The molecule has 0 bridgehead atoms. The van der Waals surface area contributed by atoms with E-state index >= 15 is 0 Å². The van der Waals surface area contributed by atoms with Gasteiger partial charge >= 0.3 is 0 Å². The van der Waals surface area contributed by atoms with Gasteiger partial charge in [0, 0.05) is 24.3 Å². The lowest BCUT2D eigenvalue weighted by atomic mass is 9.98. The summed E-state index contributed by atoms with van der Waals surface area (Å²) in [6.07, 6.45) is 9.73. The first-order valence-electron chi connectivity index (χ1n) is 11.4. The molecule has 1 aliphatic heterocycles. The van der Waals surface area contributed by atoms with E-state index in [1.165, 1.54) is 33.4 Å². The zero-order valence-corrected chi connectivity index (χ0v) is 18.3. The fourth-order valence-corrected chi connectivity index (χ4v) is 4.66. The third-order valence-corrected chi connectivity index (χ3v) is 6.28. The van der Waals surface area contributed by atoms with Gasteiger partial charge in [-0.15, -0.1) is 0 Å². The minimum atomic E-state index is 0.876. The molecule has 3 heterocycles. The van der Waals surface area contributed by atoms with Crippen LogP contribution in [0.15, 0.2) is 128 Å². The van der Waals surface area contributed by atoms with E-state index in [1.807, 2.05) is 0 Å². The first kappa shape index (κ1) is 19.4. The van der Waals surface area contributed by atoms with Crippen LogP contribution >= 0.6 is 0 Å². The van der Waals surface area contributed by atoms with Crippen LogP contribution in [-0.2, 0) is 6.42 Å². The minimum Gasteiger partial charge on any atom is -0.0795 e. The maximum Gasteiger partial charge on any atom is 0.285 e. The van der Waals surface area contributed by atoms with Crippen LogP contribution in [0.4, 0.5) is 0 Å². The van der Waals surface area contributed by atoms with Crippen LogP contribution in [0.25, 0.3) is 39.7 Å². The van der Waals surface area contributed by atoms with Gasteiger partial charge in [-0.25, -0.2) is 0 Å². The van der Waals surface area contributed by atoms with Crippen LogP contribution in [0.3, 0.4) is 0 Å². The molecular formula is C31H24N2+2. The maximum absolute atomic E-state index is 2.31. The van der Waals surface area contributed by atoms with Gasteiger partial charge in [0.1, 0.15) is 0 Å². The van der Waals surface area contributed by atoms with Gasteiger partial charge in [0.15, 0.2) is 0 Å². The Morgan fingerprint density at radius 3 is 2.15 bits per heavy atom. The lowest BCUT2D eigenvalue weighted by Gasteiger charge is -2.08. The van der Waals surface area contributed by atoms with E-state index in [0.717, 1.165) is 17.8 Å². The summed E-state index contributed by atoms with van der Waals surface area (Å²) in [5.41, 5.74) is 9.73. The minimum absolute atomic E-state index is 0.876. The number of pyridine rings is 2. The van der Waals surface area contributed by atoms with Crippen LogP contribution in [0.5, 0.6) is 0 Å². The molecule has 2 aromatic heterocycles. The SMILES string of the molecule is C1=C/c2ccccc2-c2cccc[n+]2-[n+]2ccc(-c3ccccc3)cc2-c2ccccc2C/1. The van der Waals surface area contributed by atoms with Crippen molar-refractivity contribution < 1.29 is 9.35 Å². The lowest BCUT2D eigenvalue weighted by Crippen LogP contribution is -2.68. The highest BCUT2D eigenvalue weighted by molar-refractivity contribution is 5.73. The highest BCUT2D eigenvalue weighted by Crippen LogP contribution is 2.28. The molecule has 0 N–H and O–H groups in total. The number of fused-ring (bicyclic) bond motifs is 7. The average Bonchev–Trinajstić information content (AvgIpc) is 2.91. The normalized spacial score (nSPS) is 13.0. The molecule has 0 radical (unpaired) electrons. The van der Waals surface area contributed by atoms with E-state index in [9.17, 15) is 0 Å². The molecule has 5 aromatic rings. The number of hydrogen-bond acceptors (Lipinski definition) is 0. The topological polar surface area (TPSA) is 7.76 Å². The molecule has 2 nitrogen and oxygen atoms in total. The fraction of sp³-hybridized carbons (Fsp3) is 0.0323. The fourth-order valence-electron chi connectivity index (χ4n) is 4.66. The highest BCUT2D eigenvalue weighted by atomic mass is 15.4. The van der Waals surface area contributed by atoms with Crippen molar-refractivity contribution in [2.75, 3.05) is 0 Å². The van der Waals surface area contributed by atoms with Crippen molar-refractivity contribution in [1.82, 2.24) is 0 Å². The van der Waals surface area contributed by atoms with Gasteiger partial charge in [-0.1, -0.05) is 78.9 Å². The summed E-state index contributed by atoms with van der Waals surface area (Å²) in [4.78, 5) is 0. The van der Waals surface area contributed by atoms with E-state index in [1.54, 1.807) is 0 Å². The zero-order chi connectivity index (χ0) is 22.0. The third kappa shape index (κ3) is 3.56. The van der Waals surface area contributed by atoms with E-state index in [2.05, 4.69) is 143 Å². The van der Waals surface area contributed by atoms with Gasteiger partial charge < -0.3 is 0 Å². The molecule has 0 saturated heterocycles. The quantitative estimate of drug-likeness (QED) is 0.285. The van der Waals surface area contributed by atoms with Crippen molar-refractivity contribution in [1.29, 1.82) is 0 Å². The van der Waals surface area contributed by atoms with Crippen molar-refractivity contribution in [3.63, 3.8) is 0 Å². The lowest BCUT2D eigenvalue weighted by molar-refractivity contribution is -1.29. The predicted octanol–water partition coefficient (Wildman–Crippen LogP) is 6.14. The molecule has 0 amide bonds. The van der Waals surface area contributed by atoms with Crippen molar-refractivity contribution in [2.24, 2.45) is 0 Å². The predicted molar refractivity (Wildman–Crippen MR) is 133 cm³/mol. The molecule has 0 saturated carbocycles. The monoisotopic (exact) mass is 424 g/mol. The van der Waals surface area contributed by atoms with Gasteiger partial charge in [-0.05, 0) is 46.9 Å². The average molecular weight is 425 g/mol. The first-order valence-corrected chi connectivity index (χ1v) is 11.4. The summed E-state index contributed by atoms with van der Waals surface area (Å²) in [6, 6.07) is 38.9. The van der Waals surface area contributed by atoms with Crippen LogP contribution in [-0.4, -0.2) is 0 Å². The second kappa shape index (κ2) is 8.33. The van der Waals surface area contributed by atoms with Crippen LogP contribution in [0.2, 0.25) is 0 Å². The van der Waals surface area contributed by atoms with Crippen LogP contribution < -0.4 is 9.35 Å². The van der Waals surface area contributed by atoms with E-state index in [-0.39, 0.29) is 0 Å². The molecule has 0 spiro atoms.